The van der Waals surface area contributed by atoms with Gasteiger partial charge >= 0.3 is 0 Å². The van der Waals surface area contributed by atoms with E-state index in [0.717, 1.165) is 44.6 Å². The summed E-state index contributed by atoms with van der Waals surface area (Å²) >= 11 is 8.33. The lowest BCUT2D eigenvalue weighted by molar-refractivity contribution is 0.0304. The number of halogens is 2. The van der Waals surface area contributed by atoms with Crippen molar-refractivity contribution in [2.45, 2.75) is 50.1 Å². The summed E-state index contributed by atoms with van der Waals surface area (Å²) in [6.45, 7) is 5.21. The lowest BCUT2D eigenvalue weighted by Gasteiger charge is -2.41. The van der Waals surface area contributed by atoms with Crippen LogP contribution < -0.4 is 4.74 Å². The number of hydrogen-bond donors (Lipinski definition) is 1. The molecule has 1 atom stereocenters. The Kier molecular flexibility index (Phi) is 9.51. The lowest BCUT2D eigenvalue weighted by Crippen LogP contribution is -2.42. The molecule has 1 unspecified atom stereocenters. The monoisotopic (exact) mass is 530 g/mol. The largest absolute Gasteiger partial charge is 0.497 e. The Bertz CT molecular complexity index is 1150. The van der Waals surface area contributed by atoms with Crippen LogP contribution in [0, 0.1) is 12.3 Å². The van der Waals surface area contributed by atoms with Crippen LogP contribution in [0.25, 0.3) is 10.9 Å². The molecule has 2 aromatic carbocycles. The van der Waals surface area contributed by atoms with Gasteiger partial charge in [-0.25, -0.2) is 4.39 Å². The summed E-state index contributed by atoms with van der Waals surface area (Å²) < 4.78 is 21.0. The van der Waals surface area contributed by atoms with Gasteiger partial charge in [-0.2, -0.15) is 0 Å². The zero-order valence-corrected chi connectivity index (χ0v) is 22.8. The Morgan fingerprint density at radius 1 is 1.22 bits per heavy atom. The van der Waals surface area contributed by atoms with E-state index in [0.29, 0.717) is 40.1 Å². The molecule has 36 heavy (non-hydrogen) atoms. The number of aliphatic hydroxyl groups excluding tert-OH is 1. The molecule has 1 fully saturated rings. The summed E-state index contributed by atoms with van der Waals surface area (Å²) in [4.78, 5) is 8.18. The first kappa shape index (κ1) is 27.2. The number of benzene rings is 2. The summed E-state index contributed by atoms with van der Waals surface area (Å²) in [5.74, 6) is 1.75. The zero-order valence-electron chi connectivity index (χ0n) is 21.2. The molecule has 1 aromatic heterocycles. The van der Waals surface area contributed by atoms with Crippen LogP contribution in [0.5, 0.6) is 5.75 Å². The maximum atomic E-state index is 15.6. The molecule has 0 spiro atoms. The average molecular weight is 531 g/mol. The Morgan fingerprint density at radius 2 is 2.00 bits per heavy atom. The van der Waals surface area contributed by atoms with Crippen molar-refractivity contribution in [3.05, 3.63) is 64.8 Å². The number of likely N-dealkylation sites (tertiary alicyclic amines) is 1. The van der Waals surface area contributed by atoms with Crippen molar-refractivity contribution in [1.29, 1.82) is 0 Å². The van der Waals surface area contributed by atoms with Gasteiger partial charge in [0, 0.05) is 28.6 Å². The second-order valence-corrected chi connectivity index (χ2v) is 11.4. The molecule has 4 rings (SSSR count). The SMILES string of the molecule is COc1ccc2ncc(Cl)c(C(F)CCC3(CO)CCN(CCCSc4ccccc4C)CC3)c2c1. The molecule has 7 heteroatoms. The highest BCUT2D eigenvalue weighted by molar-refractivity contribution is 7.99. The third-order valence-electron chi connectivity index (χ3n) is 7.53. The van der Waals surface area contributed by atoms with E-state index in [-0.39, 0.29) is 12.0 Å². The number of fused-ring (bicyclic) bond motifs is 1. The van der Waals surface area contributed by atoms with E-state index in [1.165, 1.54) is 16.7 Å². The molecule has 0 amide bonds. The van der Waals surface area contributed by atoms with Crippen LogP contribution in [-0.2, 0) is 0 Å². The second kappa shape index (κ2) is 12.6. The van der Waals surface area contributed by atoms with Crippen LogP contribution in [0.3, 0.4) is 0 Å². The topological polar surface area (TPSA) is 45.6 Å². The first-order valence-electron chi connectivity index (χ1n) is 12.7. The number of rotatable bonds is 11. The van der Waals surface area contributed by atoms with E-state index in [1.807, 2.05) is 23.9 Å². The normalized spacial score (nSPS) is 16.8. The average Bonchev–Trinajstić information content (AvgIpc) is 2.91. The van der Waals surface area contributed by atoms with Gasteiger partial charge in [0.2, 0.25) is 0 Å². The van der Waals surface area contributed by atoms with Crippen molar-refractivity contribution in [3.63, 3.8) is 0 Å². The number of alkyl halides is 1. The van der Waals surface area contributed by atoms with Crippen LogP contribution in [0.15, 0.2) is 53.6 Å². The molecule has 1 aliphatic rings. The van der Waals surface area contributed by atoms with Gasteiger partial charge in [0.25, 0.3) is 0 Å². The number of hydrogen-bond acceptors (Lipinski definition) is 5. The summed E-state index contributed by atoms with van der Waals surface area (Å²) in [7, 11) is 1.59. The number of aromatic nitrogens is 1. The first-order chi connectivity index (χ1) is 17.4. The third-order valence-corrected chi connectivity index (χ3v) is 9.09. The number of methoxy groups -OCH3 is 1. The van der Waals surface area contributed by atoms with Gasteiger partial charge in [-0.3, -0.25) is 4.98 Å². The highest BCUT2D eigenvalue weighted by Gasteiger charge is 2.35. The van der Waals surface area contributed by atoms with Crippen molar-refractivity contribution in [1.82, 2.24) is 9.88 Å². The van der Waals surface area contributed by atoms with Crippen LogP contribution in [-0.4, -0.2) is 54.1 Å². The summed E-state index contributed by atoms with van der Waals surface area (Å²) in [6.07, 6.45) is 4.16. The predicted octanol–water partition coefficient (Wildman–Crippen LogP) is 7.25. The standard InChI is InChI=1S/C29H36ClFN2O2S/c1-21-6-3-4-7-27(21)36-17-5-14-33-15-12-29(20-34,13-16-33)11-10-25(31)28-23-18-22(35-2)8-9-26(23)32-19-24(28)30/h3-4,6-9,18-19,25,34H,5,10-17,20H2,1-2H3. The van der Waals surface area contributed by atoms with Gasteiger partial charge in [-0.1, -0.05) is 29.8 Å². The lowest BCUT2D eigenvalue weighted by atomic mass is 9.74. The smallest absolute Gasteiger partial charge is 0.127 e. The fourth-order valence-electron chi connectivity index (χ4n) is 5.12. The van der Waals surface area contributed by atoms with Crippen molar-refractivity contribution in [2.24, 2.45) is 5.41 Å². The van der Waals surface area contributed by atoms with Gasteiger partial charge in [0.05, 0.1) is 17.6 Å². The minimum absolute atomic E-state index is 0.0926. The van der Waals surface area contributed by atoms with Gasteiger partial charge in [-0.05, 0) is 99.7 Å². The molecule has 0 saturated carbocycles. The fraction of sp³-hybridized carbons (Fsp3) is 0.483. The Balaban J connectivity index is 1.30. The maximum Gasteiger partial charge on any atom is 0.127 e. The van der Waals surface area contributed by atoms with Crippen molar-refractivity contribution >= 4 is 34.3 Å². The summed E-state index contributed by atoms with van der Waals surface area (Å²) in [6, 6.07) is 14.0. The highest BCUT2D eigenvalue weighted by Crippen LogP contribution is 2.42. The van der Waals surface area contributed by atoms with Gasteiger partial charge in [-0.15, -0.1) is 11.8 Å². The van der Waals surface area contributed by atoms with E-state index in [9.17, 15) is 5.11 Å². The van der Waals surface area contributed by atoms with Gasteiger partial charge in [0.15, 0.2) is 0 Å². The van der Waals surface area contributed by atoms with Crippen molar-refractivity contribution in [2.75, 3.05) is 39.1 Å². The molecule has 2 heterocycles. The van der Waals surface area contributed by atoms with Crippen LogP contribution in [0.2, 0.25) is 5.02 Å². The molecule has 1 aliphatic heterocycles. The van der Waals surface area contributed by atoms with Gasteiger partial charge < -0.3 is 14.7 Å². The van der Waals surface area contributed by atoms with E-state index < -0.39 is 6.17 Å². The second-order valence-electron chi connectivity index (χ2n) is 9.88. The molecule has 0 radical (unpaired) electrons. The summed E-state index contributed by atoms with van der Waals surface area (Å²) in [5, 5.41) is 11.3. The molecular formula is C29H36ClFN2O2S. The summed E-state index contributed by atoms with van der Waals surface area (Å²) in [5.41, 5.74) is 2.27. The Morgan fingerprint density at radius 3 is 2.72 bits per heavy atom. The van der Waals surface area contributed by atoms with E-state index in [4.69, 9.17) is 16.3 Å². The number of ether oxygens (including phenoxy) is 1. The molecule has 1 saturated heterocycles. The zero-order chi connectivity index (χ0) is 25.5. The van der Waals surface area contributed by atoms with Crippen LogP contribution in [0.4, 0.5) is 4.39 Å². The fourth-order valence-corrected chi connectivity index (χ4v) is 6.35. The van der Waals surface area contributed by atoms with Gasteiger partial charge in [0.1, 0.15) is 11.9 Å². The highest BCUT2D eigenvalue weighted by atomic mass is 35.5. The molecule has 0 bridgehead atoms. The van der Waals surface area contributed by atoms with Crippen LogP contribution >= 0.6 is 23.4 Å². The Labute approximate surface area is 223 Å². The molecule has 4 nitrogen and oxygen atoms in total. The maximum absolute atomic E-state index is 15.6. The van der Waals surface area contributed by atoms with E-state index in [1.54, 1.807) is 13.2 Å². The molecule has 0 aliphatic carbocycles. The number of aryl methyl sites for hydroxylation is 1. The number of piperidine rings is 1. The number of thioether (sulfide) groups is 1. The number of aliphatic hydroxyl groups is 1. The third kappa shape index (κ3) is 6.52. The quantitative estimate of drug-likeness (QED) is 0.209. The van der Waals surface area contributed by atoms with Crippen molar-refractivity contribution in [3.8, 4) is 5.75 Å². The predicted molar refractivity (Wildman–Crippen MR) is 148 cm³/mol. The van der Waals surface area contributed by atoms with E-state index in [2.05, 4.69) is 41.1 Å². The molecule has 194 valence electrons. The minimum Gasteiger partial charge on any atom is -0.497 e. The van der Waals surface area contributed by atoms with Crippen LogP contribution in [0.1, 0.15) is 49.4 Å². The Hall–Kier alpha value is -1.86. The molecule has 3 aromatic rings. The van der Waals surface area contributed by atoms with Crippen molar-refractivity contribution < 1.29 is 14.2 Å². The molecule has 1 N–H and O–H groups in total. The minimum atomic E-state index is -1.23. The number of pyridine rings is 1. The molecular weight excluding hydrogens is 495 g/mol. The van der Waals surface area contributed by atoms with E-state index >= 15 is 4.39 Å². The first-order valence-corrected chi connectivity index (χ1v) is 14.1. The number of nitrogens with zero attached hydrogens (tertiary/aromatic N) is 2.